The van der Waals surface area contributed by atoms with Gasteiger partial charge in [-0.25, -0.2) is 23.7 Å². The lowest BCUT2D eigenvalue weighted by atomic mass is 10.0. The summed E-state index contributed by atoms with van der Waals surface area (Å²) in [6.45, 7) is 11.4. The average Bonchev–Trinajstić information content (AvgIpc) is 3.51. The second kappa shape index (κ2) is 9.78. The van der Waals surface area contributed by atoms with Crippen molar-refractivity contribution < 1.29 is 8.78 Å². The van der Waals surface area contributed by atoms with Crippen LogP contribution in [-0.4, -0.2) is 67.5 Å². The van der Waals surface area contributed by atoms with E-state index in [0.29, 0.717) is 40.1 Å². The monoisotopic (exact) mass is 517 g/mol. The molecule has 38 heavy (non-hydrogen) atoms. The van der Waals surface area contributed by atoms with Crippen LogP contribution in [0.2, 0.25) is 0 Å². The number of fused-ring (bicyclic) bond motifs is 2. The van der Waals surface area contributed by atoms with E-state index < -0.39 is 11.6 Å². The fraction of sp³-hybridized carbons (Fsp3) is 0.448. The van der Waals surface area contributed by atoms with Gasteiger partial charge in [-0.2, -0.15) is 0 Å². The summed E-state index contributed by atoms with van der Waals surface area (Å²) < 4.78 is 31.9. The second-order valence-corrected chi connectivity index (χ2v) is 11.2. The van der Waals surface area contributed by atoms with Gasteiger partial charge in [-0.1, -0.05) is 0 Å². The molecule has 4 aromatic rings. The first-order valence-electron chi connectivity index (χ1n) is 13.3. The Bertz CT molecular complexity index is 1470. The molecule has 2 atom stereocenters. The van der Waals surface area contributed by atoms with Gasteiger partial charge >= 0.3 is 0 Å². The Hall–Kier alpha value is -3.30. The van der Waals surface area contributed by atoms with E-state index in [9.17, 15) is 8.78 Å². The van der Waals surface area contributed by atoms with Gasteiger partial charge in [0.2, 0.25) is 0 Å². The van der Waals surface area contributed by atoms with E-state index in [-0.39, 0.29) is 6.04 Å². The lowest BCUT2D eigenvalue weighted by Gasteiger charge is -2.18. The molecular formula is C29H33F2N7. The van der Waals surface area contributed by atoms with E-state index in [1.807, 2.05) is 37.7 Å². The number of hydrogen-bond donors (Lipinski definition) is 0. The fourth-order valence-corrected chi connectivity index (χ4v) is 6.30. The zero-order valence-electron chi connectivity index (χ0n) is 22.3. The predicted octanol–water partition coefficient (Wildman–Crippen LogP) is 4.64. The summed E-state index contributed by atoms with van der Waals surface area (Å²) >= 11 is 0. The van der Waals surface area contributed by atoms with Crippen molar-refractivity contribution >= 4 is 11.0 Å². The first-order valence-corrected chi connectivity index (χ1v) is 13.3. The van der Waals surface area contributed by atoms with Crippen LogP contribution >= 0.6 is 0 Å². The fourth-order valence-electron chi connectivity index (χ4n) is 6.30. The van der Waals surface area contributed by atoms with Crippen LogP contribution in [0.1, 0.15) is 42.8 Å². The molecule has 198 valence electrons. The van der Waals surface area contributed by atoms with Crippen LogP contribution in [0.3, 0.4) is 0 Å². The highest BCUT2D eigenvalue weighted by molar-refractivity contribution is 5.83. The van der Waals surface area contributed by atoms with Crippen molar-refractivity contribution in [3.63, 3.8) is 0 Å². The van der Waals surface area contributed by atoms with Crippen LogP contribution in [0.5, 0.6) is 0 Å². The first kappa shape index (κ1) is 25.0. The smallest absolute Gasteiger partial charge is 0.151 e. The molecule has 0 radical (unpaired) electrons. The van der Waals surface area contributed by atoms with Crippen molar-refractivity contribution in [1.29, 1.82) is 0 Å². The van der Waals surface area contributed by atoms with Crippen LogP contribution < -0.4 is 0 Å². The molecule has 7 nitrogen and oxygen atoms in total. The van der Waals surface area contributed by atoms with Gasteiger partial charge in [-0.3, -0.25) is 9.88 Å². The Morgan fingerprint density at radius 3 is 2.32 bits per heavy atom. The molecule has 0 spiro atoms. The van der Waals surface area contributed by atoms with E-state index in [0.717, 1.165) is 42.9 Å². The number of likely N-dealkylation sites (tertiary alicyclic amines) is 2. The summed E-state index contributed by atoms with van der Waals surface area (Å²) in [5.74, 6) is 1.91. The molecule has 0 aliphatic carbocycles. The quantitative estimate of drug-likeness (QED) is 0.371. The average molecular weight is 518 g/mol. The number of aryl methyl sites for hydroxylation is 1. The highest BCUT2D eigenvalue weighted by Crippen LogP contribution is 2.32. The van der Waals surface area contributed by atoms with Gasteiger partial charge in [-0.15, -0.1) is 0 Å². The Kier molecular flexibility index (Phi) is 6.44. The number of pyridine rings is 1. The maximum Gasteiger partial charge on any atom is 0.151 e. The molecule has 2 fully saturated rings. The van der Waals surface area contributed by atoms with Gasteiger partial charge in [-0.05, 0) is 63.4 Å². The Morgan fingerprint density at radius 1 is 0.921 bits per heavy atom. The van der Waals surface area contributed by atoms with Gasteiger partial charge in [0.15, 0.2) is 5.82 Å². The molecule has 0 unspecified atom stereocenters. The van der Waals surface area contributed by atoms with E-state index >= 15 is 0 Å². The van der Waals surface area contributed by atoms with Crippen LogP contribution in [-0.2, 0) is 13.0 Å². The molecule has 9 heteroatoms. The molecule has 2 saturated heterocycles. The number of nitrogens with zero attached hydrogens (tertiary/aromatic N) is 7. The summed E-state index contributed by atoms with van der Waals surface area (Å²) in [5.41, 5.74) is 3.42. The number of benzene rings is 1. The molecule has 3 aromatic heterocycles. The molecule has 0 saturated carbocycles. The first-order chi connectivity index (χ1) is 18.2. The highest BCUT2D eigenvalue weighted by Gasteiger charge is 2.38. The molecule has 5 heterocycles. The lowest BCUT2D eigenvalue weighted by Crippen LogP contribution is -2.26. The lowest BCUT2D eigenvalue weighted by molar-refractivity contribution is 0.271. The van der Waals surface area contributed by atoms with Crippen molar-refractivity contribution in [2.24, 2.45) is 11.8 Å². The van der Waals surface area contributed by atoms with Crippen molar-refractivity contribution in [2.45, 2.75) is 39.8 Å². The highest BCUT2D eigenvalue weighted by atomic mass is 19.1. The van der Waals surface area contributed by atoms with E-state index in [2.05, 4.69) is 36.8 Å². The van der Waals surface area contributed by atoms with Crippen LogP contribution in [0.4, 0.5) is 8.78 Å². The molecule has 2 aliphatic heterocycles. The third kappa shape index (κ3) is 4.69. The Morgan fingerprint density at radius 2 is 1.63 bits per heavy atom. The zero-order chi connectivity index (χ0) is 26.6. The van der Waals surface area contributed by atoms with Crippen LogP contribution in [0.25, 0.3) is 22.2 Å². The van der Waals surface area contributed by atoms with Crippen LogP contribution in [0, 0.1) is 30.4 Å². The summed E-state index contributed by atoms with van der Waals surface area (Å²) in [5, 5.41) is 0. The Balaban J connectivity index is 1.20. The normalized spacial score (nSPS) is 20.2. The SMILES string of the molecule is Cc1nc2c(F)cc(-c3cc(Cc4ncc(CN5C[C@H]6CN(C)C[C@H]6C5)cn4)ncc3F)cc2n1C(C)C. The maximum absolute atomic E-state index is 15.0. The molecule has 0 N–H and O–H groups in total. The predicted molar refractivity (Wildman–Crippen MR) is 143 cm³/mol. The van der Waals surface area contributed by atoms with E-state index in [1.54, 1.807) is 12.1 Å². The summed E-state index contributed by atoms with van der Waals surface area (Å²) in [6, 6.07) is 4.91. The largest absolute Gasteiger partial charge is 0.326 e. The van der Waals surface area contributed by atoms with E-state index in [4.69, 9.17) is 0 Å². The summed E-state index contributed by atoms with van der Waals surface area (Å²) in [7, 11) is 2.20. The third-order valence-electron chi connectivity index (χ3n) is 7.91. The van der Waals surface area contributed by atoms with Gasteiger partial charge in [0.25, 0.3) is 0 Å². The van der Waals surface area contributed by atoms with Crippen LogP contribution in [0.15, 0.2) is 36.8 Å². The molecule has 0 amide bonds. The van der Waals surface area contributed by atoms with Gasteiger partial charge in [0, 0.05) is 68.0 Å². The third-order valence-corrected chi connectivity index (χ3v) is 7.91. The van der Waals surface area contributed by atoms with Gasteiger partial charge < -0.3 is 9.47 Å². The molecule has 1 aromatic carbocycles. The molecule has 0 bridgehead atoms. The summed E-state index contributed by atoms with van der Waals surface area (Å²) in [6.07, 6.45) is 5.31. The Labute approximate surface area is 221 Å². The van der Waals surface area contributed by atoms with Gasteiger partial charge in [0.05, 0.1) is 18.1 Å². The minimum Gasteiger partial charge on any atom is -0.326 e. The van der Waals surface area contributed by atoms with Crippen molar-refractivity contribution in [2.75, 3.05) is 33.2 Å². The maximum atomic E-state index is 15.0. The molecule has 2 aliphatic rings. The topological polar surface area (TPSA) is 63.0 Å². The van der Waals surface area contributed by atoms with Crippen molar-refractivity contribution in [1.82, 2.24) is 34.3 Å². The number of hydrogen-bond acceptors (Lipinski definition) is 6. The molecule has 6 rings (SSSR count). The summed E-state index contributed by atoms with van der Waals surface area (Å²) in [4.78, 5) is 22.7. The van der Waals surface area contributed by atoms with Gasteiger partial charge in [0.1, 0.15) is 23.0 Å². The number of aromatic nitrogens is 5. The van der Waals surface area contributed by atoms with Crippen molar-refractivity contribution in [3.05, 3.63) is 71.3 Å². The number of halogens is 2. The second-order valence-electron chi connectivity index (χ2n) is 11.2. The number of rotatable bonds is 6. The minimum absolute atomic E-state index is 0.0967. The van der Waals surface area contributed by atoms with Crippen molar-refractivity contribution in [3.8, 4) is 11.1 Å². The standard InChI is InChI=1S/C29H33F2N7/c1-17(2)38-18(3)35-29-25(30)5-20(6-27(29)38)24-7-23(32-11-26(24)31)8-28-33-9-19(10-34-28)12-37-15-21-13-36(4)14-22(21)16-37/h5-7,9-11,17,21-22H,8,12-16H2,1-4H3/t21-,22+. The zero-order valence-corrected chi connectivity index (χ0v) is 22.3. The minimum atomic E-state index is -0.502. The molecular weight excluding hydrogens is 484 g/mol. The number of imidazole rings is 1. The van der Waals surface area contributed by atoms with E-state index in [1.165, 1.54) is 25.4 Å².